The third kappa shape index (κ3) is 4.05. The number of likely N-dealkylation sites (N-methyl/N-ethyl adjacent to an activating group) is 1. The van der Waals surface area contributed by atoms with Gasteiger partial charge in [-0.3, -0.25) is 4.79 Å². The molecule has 2 rings (SSSR count). The molecule has 1 saturated heterocycles. The molecule has 22 heavy (non-hydrogen) atoms. The van der Waals surface area contributed by atoms with E-state index >= 15 is 0 Å². The lowest BCUT2D eigenvalue weighted by atomic mass is 10.0. The van der Waals surface area contributed by atoms with E-state index in [1.807, 2.05) is 19.1 Å². The zero-order valence-corrected chi connectivity index (χ0v) is 13.5. The quantitative estimate of drug-likeness (QED) is 0.878. The lowest BCUT2D eigenvalue weighted by molar-refractivity contribution is -0.140. The molecule has 0 aromatic heterocycles. The van der Waals surface area contributed by atoms with Gasteiger partial charge in [-0.15, -0.1) is 0 Å². The predicted octanol–water partition coefficient (Wildman–Crippen LogP) is 2.50. The second-order valence-corrected chi connectivity index (χ2v) is 5.95. The Kier molecular flexibility index (Phi) is 5.91. The number of ether oxygens (including phenoxy) is 1. The number of benzene rings is 1. The van der Waals surface area contributed by atoms with Crippen molar-refractivity contribution in [1.82, 2.24) is 10.2 Å². The van der Waals surface area contributed by atoms with Crippen LogP contribution in [0.2, 0.25) is 0 Å². The smallest absolute Gasteiger partial charge is 0.251 e. The third-order valence-electron chi connectivity index (χ3n) is 4.10. The predicted molar refractivity (Wildman–Crippen MR) is 84.0 cm³/mol. The minimum Gasteiger partial charge on any atom is -0.364 e. The third-order valence-corrected chi connectivity index (χ3v) is 4.10. The molecule has 0 saturated carbocycles. The second-order valence-electron chi connectivity index (χ2n) is 5.95. The molecule has 1 aromatic rings. The van der Waals surface area contributed by atoms with Crippen LogP contribution >= 0.6 is 0 Å². The molecule has 5 heteroatoms. The maximum atomic E-state index is 13.9. The molecule has 1 heterocycles. The zero-order valence-electron chi connectivity index (χ0n) is 13.5. The average molecular weight is 308 g/mol. The van der Waals surface area contributed by atoms with E-state index in [2.05, 4.69) is 5.32 Å². The van der Waals surface area contributed by atoms with Gasteiger partial charge in [-0.05, 0) is 25.3 Å². The fourth-order valence-electron chi connectivity index (χ4n) is 2.83. The molecule has 0 radical (unpaired) electrons. The highest BCUT2D eigenvalue weighted by atomic mass is 19.1. The Morgan fingerprint density at radius 3 is 2.77 bits per heavy atom. The Balaban J connectivity index is 1.87. The van der Waals surface area contributed by atoms with Crippen LogP contribution in [0.5, 0.6) is 0 Å². The zero-order chi connectivity index (χ0) is 16.1. The number of carbonyl (C=O) groups excluding carboxylic acids is 1. The second kappa shape index (κ2) is 7.70. The summed E-state index contributed by atoms with van der Waals surface area (Å²) in [5, 5.41) is 3.37. The van der Waals surface area contributed by atoms with E-state index in [0.29, 0.717) is 12.1 Å². The highest BCUT2D eigenvalue weighted by Crippen LogP contribution is 2.23. The summed E-state index contributed by atoms with van der Waals surface area (Å²) in [4.78, 5) is 13.4. The van der Waals surface area contributed by atoms with Gasteiger partial charge in [0.05, 0.1) is 6.10 Å². The van der Waals surface area contributed by atoms with Gasteiger partial charge in [0.15, 0.2) is 0 Å². The van der Waals surface area contributed by atoms with E-state index < -0.39 is 0 Å². The van der Waals surface area contributed by atoms with Crippen molar-refractivity contribution in [3.8, 4) is 0 Å². The van der Waals surface area contributed by atoms with E-state index in [-0.39, 0.29) is 30.0 Å². The van der Waals surface area contributed by atoms with Gasteiger partial charge in [0.25, 0.3) is 5.91 Å². The first-order valence-corrected chi connectivity index (χ1v) is 7.87. The first-order valence-electron chi connectivity index (χ1n) is 7.87. The molecular formula is C17H25FN2O2. The molecule has 1 fully saturated rings. The maximum absolute atomic E-state index is 13.9. The highest BCUT2D eigenvalue weighted by Gasteiger charge is 2.31. The van der Waals surface area contributed by atoms with Crippen LogP contribution in [0.1, 0.15) is 37.8 Å². The Hall–Kier alpha value is -1.46. The van der Waals surface area contributed by atoms with Gasteiger partial charge in [0.1, 0.15) is 11.9 Å². The molecule has 4 nitrogen and oxygen atoms in total. The normalized spacial score (nSPS) is 22.5. The maximum Gasteiger partial charge on any atom is 0.251 e. The summed E-state index contributed by atoms with van der Waals surface area (Å²) in [7, 11) is 3.48. The minimum absolute atomic E-state index is 0.00900. The number of halogens is 1. The van der Waals surface area contributed by atoms with Gasteiger partial charge >= 0.3 is 0 Å². The fraction of sp³-hybridized carbons (Fsp3) is 0.588. The standard InChI is InChI=1S/C17H25FN2O2/c1-4-15(13-7-5-6-8-14(13)18)19-11-12-9-10-16(22-12)17(21)20(2)3/h5-8,12,15-16,19H,4,9-11H2,1-3H3/t12-,15-,16+/m0/s1. The SMILES string of the molecule is CC[C@H](NC[C@@H]1CC[C@H](C(=O)N(C)C)O1)c1ccccc1F. The number of hydrogen-bond donors (Lipinski definition) is 1. The molecule has 1 aromatic carbocycles. The Morgan fingerprint density at radius 2 is 2.14 bits per heavy atom. The van der Waals surface area contributed by atoms with Gasteiger partial charge in [0.2, 0.25) is 0 Å². The van der Waals surface area contributed by atoms with Crippen molar-refractivity contribution in [3.63, 3.8) is 0 Å². The lowest BCUT2D eigenvalue weighted by Crippen LogP contribution is -2.36. The van der Waals surface area contributed by atoms with Gasteiger partial charge in [-0.2, -0.15) is 0 Å². The van der Waals surface area contributed by atoms with Crippen molar-refractivity contribution >= 4 is 5.91 Å². The summed E-state index contributed by atoms with van der Waals surface area (Å²) in [5.41, 5.74) is 0.684. The van der Waals surface area contributed by atoms with Crippen LogP contribution < -0.4 is 5.32 Å². The van der Waals surface area contributed by atoms with E-state index in [9.17, 15) is 9.18 Å². The van der Waals surface area contributed by atoms with Crippen LogP contribution in [0, 0.1) is 5.82 Å². The van der Waals surface area contributed by atoms with Crippen molar-refractivity contribution in [2.24, 2.45) is 0 Å². The minimum atomic E-state index is -0.338. The summed E-state index contributed by atoms with van der Waals surface area (Å²) >= 11 is 0. The molecule has 3 atom stereocenters. The number of nitrogens with one attached hydrogen (secondary N) is 1. The Bertz CT molecular complexity index is 507. The molecule has 122 valence electrons. The molecule has 0 spiro atoms. The van der Waals surface area contributed by atoms with E-state index in [1.54, 1.807) is 25.1 Å². The Labute approximate surface area is 131 Å². The van der Waals surface area contributed by atoms with Crippen molar-refractivity contribution < 1.29 is 13.9 Å². The van der Waals surface area contributed by atoms with Crippen molar-refractivity contribution in [2.45, 2.75) is 44.4 Å². The van der Waals surface area contributed by atoms with E-state index in [0.717, 1.165) is 19.3 Å². The van der Waals surface area contributed by atoms with Gasteiger partial charge < -0.3 is 15.0 Å². The number of rotatable bonds is 6. The van der Waals surface area contributed by atoms with Crippen LogP contribution in [-0.2, 0) is 9.53 Å². The van der Waals surface area contributed by atoms with Crippen LogP contribution in [0.4, 0.5) is 4.39 Å². The molecular weight excluding hydrogens is 283 g/mol. The monoisotopic (exact) mass is 308 g/mol. The van der Waals surface area contributed by atoms with Crippen molar-refractivity contribution in [2.75, 3.05) is 20.6 Å². The summed E-state index contributed by atoms with van der Waals surface area (Å²) in [6.07, 6.45) is 2.07. The topological polar surface area (TPSA) is 41.6 Å². The number of carbonyl (C=O) groups is 1. The number of nitrogens with zero attached hydrogens (tertiary/aromatic N) is 1. The lowest BCUT2D eigenvalue weighted by Gasteiger charge is -2.21. The van der Waals surface area contributed by atoms with E-state index in [4.69, 9.17) is 4.74 Å². The average Bonchev–Trinajstić information content (AvgIpc) is 2.97. The van der Waals surface area contributed by atoms with Crippen molar-refractivity contribution in [3.05, 3.63) is 35.6 Å². The van der Waals surface area contributed by atoms with Crippen LogP contribution in [0.3, 0.4) is 0 Å². The summed E-state index contributed by atoms with van der Waals surface area (Å²) in [6, 6.07) is 6.80. The van der Waals surface area contributed by atoms with Crippen molar-refractivity contribution in [1.29, 1.82) is 0 Å². The number of amides is 1. The Morgan fingerprint density at radius 1 is 1.41 bits per heavy atom. The molecule has 0 bridgehead atoms. The molecule has 1 aliphatic rings. The first-order chi connectivity index (χ1) is 10.5. The van der Waals surface area contributed by atoms with Gasteiger partial charge in [0, 0.05) is 32.2 Å². The summed E-state index contributed by atoms with van der Waals surface area (Å²) in [6.45, 7) is 2.65. The number of hydrogen-bond acceptors (Lipinski definition) is 3. The molecule has 1 N–H and O–H groups in total. The molecule has 0 unspecified atom stereocenters. The van der Waals surface area contributed by atoms with Gasteiger partial charge in [-0.1, -0.05) is 25.1 Å². The summed E-state index contributed by atoms with van der Waals surface area (Å²) < 4.78 is 19.7. The largest absolute Gasteiger partial charge is 0.364 e. The van der Waals surface area contributed by atoms with E-state index in [1.165, 1.54) is 6.07 Å². The highest BCUT2D eigenvalue weighted by molar-refractivity contribution is 5.80. The first kappa shape index (κ1) is 16.9. The molecule has 1 aliphatic heterocycles. The molecule has 1 amide bonds. The van der Waals surface area contributed by atoms with Crippen LogP contribution in [0.15, 0.2) is 24.3 Å². The molecule has 0 aliphatic carbocycles. The van der Waals surface area contributed by atoms with Gasteiger partial charge in [-0.25, -0.2) is 4.39 Å². The van der Waals surface area contributed by atoms with Crippen LogP contribution in [0.25, 0.3) is 0 Å². The fourth-order valence-corrected chi connectivity index (χ4v) is 2.83. The van der Waals surface area contributed by atoms with Crippen LogP contribution in [-0.4, -0.2) is 43.7 Å². The summed E-state index contributed by atoms with van der Waals surface area (Å²) in [5.74, 6) is -0.168.